The van der Waals surface area contributed by atoms with Crippen molar-refractivity contribution < 1.29 is 8.42 Å². The lowest BCUT2D eigenvalue weighted by atomic mass is 10.2. The van der Waals surface area contributed by atoms with Gasteiger partial charge in [0.05, 0.1) is 9.79 Å². The first kappa shape index (κ1) is 19.9. The molecule has 2 unspecified atom stereocenters. The zero-order valence-corrected chi connectivity index (χ0v) is 17.1. The molecule has 0 bridgehead atoms. The van der Waals surface area contributed by atoms with Crippen LogP contribution in [0.25, 0.3) is 0 Å². The summed E-state index contributed by atoms with van der Waals surface area (Å²) in [5.74, 6) is 0.425. The average molecular weight is 408 g/mol. The molecule has 2 atom stereocenters. The third-order valence-electron chi connectivity index (χ3n) is 4.19. The molecule has 7 nitrogen and oxygen atoms in total. The Balaban J connectivity index is 1.58. The van der Waals surface area contributed by atoms with Crippen molar-refractivity contribution in [1.82, 2.24) is 14.0 Å². The highest BCUT2D eigenvalue weighted by atomic mass is 32.2. The van der Waals surface area contributed by atoms with Gasteiger partial charge in [-0.2, -0.15) is 0 Å². The maximum atomic E-state index is 12.7. The highest BCUT2D eigenvalue weighted by molar-refractivity contribution is 7.83. The van der Waals surface area contributed by atoms with E-state index >= 15 is 0 Å². The van der Waals surface area contributed by atoms with Gasteiger partial charge in [-0.15, -0.1) is 0 Å². The maximum Gasteiger partial charge on any atom is 0.129 e. The third kappa shape index (κ3) is 5.13. The Bertz CT molecular complexity index is 804. The summed E-state index contributed by atoms with van der Waals surface area (Å²) in [6.07, 6.45) is 1.57. The van der Waals surface area contributed by atoms with E-state index in [1.165, 1.54) is 0 Å². The zero-order valence-electron chi connectivity index (χ0n) is 15.5. The molecular formula is C18H25N5O2S2. The number of hydrogen-bond donors (Lipinski definition) is 2. The van der Waals surface area contributed by atoms with E-state index in [0.717, 1.165) is 23.7 Å². The van der Waals surface area contributed by atoms with Crippen LogP contribution in [0.3, 0.4) is 0 Å². The fourth-order valence-corrected chi connectivity index (χ4v) is 4.89. The number of benzene rings is 1. The molecule has 1 saturated heterocycles. The molecule has 27 heavy (non-hydrogen) atoms. The minimum Gasteiger partial charge on any atom is -0.384 e. The summed E-state index contributed by atoms with van der Waals surface area (Å²) >= 11 is 0. The second kappa shape index (κ2) is 8.92. The third-order valence-corrected chi connectivity index (χ3v) is 7.06. The molecule has 1 aliphatic rings. The average Bonchev–Trinajstić information content (AvgIpc) is 2.68. The van der Waals surface area contributed by atoms with Crippen LogP contribution < -0.4 is 15.4 Å². The predicted molar refractivity (Wildman–Crippen MR) is 110 cm³/mol. The number of nitrogens with one attached hydrogen (secondary N) is 1. The molecular weight excluding hydrogens is 382 g/mol. The summed E-state index contributed by atoms with van der Waals surface area (Å²) in [4.78, 5) is 7.70. The number of nitrogen functional groups attached to an aromatic ring is 1. The standard InChI is InChI=1S/C18H25N5O2S2/c1-14(2)21-26(24)16-5-3-15(4-6-16)22-9-11-23(12-10-22)27(25)17-7-8-18(19)20-13-17/h3-8,13-14,21H,9-12H2,1-2H3,(H2,19,20). The van der Waals surface area contributed by atoms with E-state index in [1.54, 1.807) is 18.3 Å². The quantitative estimate of drug-likeness (QED) is 0.758. The summed E-state index contributed by atoms with van der Waals surface area (Å²) in [5.41, 5.74) is 6.67. The van der Waals surface area contributed by atoms with E-state index < -0.39 is 22.0 Å². The first-order valence-corrected chi connectivity index (χ1v) is 11.1. The van der Waals surface area contributed by atoms with E-state index in [2.05, 4.69) is 14.6 Å². The van der Waals surface area contributed by atoms with E-state index in [1.807, 2.05) is 42.4 Å². The van der Waals surface area contributed by atoms with Gasteiger partial charge in [0.2, 0.25) is 0 Å². The fourth-order valence-electron chi connectivity index (χ4n) is 2.82. The number of nitrogens with zero attached hydrogens (tertiary/aromatic N) is 3. The lowest BCUT2D eigenvalue weighted by Crippen LogP contribution is -2.46. The Hall–Kier alpha value is -1.81. The van der Waals surface area contributed by atoms with Crippen molar-refractivity contribution >= 4 is 33.5 Å². The van der Waals surface area contributed by atoms with E-state index in [9.17, 15) is 8.42 Å². The molecule has 146 valence electrons. The molecule has 9 heteroatoms. The topological polar surface area (TPSA) is 91.6 Å². The minimum atomic E-state index is -1.23. The summed E-state index contributed by atoms with van der Waals surface area (Å²) in [6.45, 7) is 6.88. The Kier molecular flexibility index (Phi) is 6.59. The SMILES string of the molecule is CC(C)NS(=O)c1ccc(N2CCN(S(=O)c3ccc(N)nc3)CC2)cc1. The van der Waals surface area contributed by atoms with E-state index in [0.29, 0.717) is 23.8 Å². The van der Waals surface area contributed by atoms with E-state index in [4.69, 9.17) is 5.73 Å². The van der Waals surface area contributed by atoms with Crippen molar-refractivity contribution in [3.05, 3.63) is 42.6 Å². The van der Waals surface area contributed by atoms with Crippen LogP contribution in [-0.2, 0) is 22.0 Å². The Morgan fingerprint density at radius 1 is 1.00 bits per heavy atom. The molecule has 2 aromatic rings. The molecule has 0 saturated carbocycles. The number of nitrogens with two attached hydrogens (primary N) is 1. The van der Waals surface area contributed by atoms with Gasteiger partial charge in [-0.3, -0.25) is 0 Å². The Morgan fingerprint density at radius 3 is 2.19 bits per heavy atom. The molecule has 1 aromatic carbocycles. The number of pyridine rings is 1. The van der Waals surface area contributed by atoms with Gasteiger partial charge in [-0.1, -0.05) is 0 Å². The van der Waals surface area contributed by atoms with Crippen LogP contribution in [0.2, 0.25) is 0 Å². The molecule has 0 amide bonds. The number of anilines is 2. The van der Waals surface area contributed by atoms with Crippen molar-refractivity contribution in [2.75, 3.05) is 36.8 Å². The van der Waals surface area contributed by atoms with Gasteiger partial charge in [0.25, 0.3) is 0 Å². The summed E-state index contributed by atoms with van der Waals surface area (Å²) in [6, 6.07) is 11.4. The van der Waals surface area contributed by atoms with Gasteiger partial charge in [0.15, 0.2) is 0 Å². The monoisotopic (exact) mass is 407 g/mol. The Labute approximate surface area is 165 Å². The first-order valence-electron chi connectivity index (χ1n) is 8.85. The van der Waals surface area contributed by atoms with Crippen LogP contribution in [0.5, 0.6) is 0 Å². The molecule has 3 N–H and O–H groups in total. The first-order chi connectivity index (χ1) is 12.9. The van der Waals surface area contributed by atoms with Crippen molar-refractivity contribution in [1.29, 1.82) is 0 Å². The lowest BCUT2D eigenvalue weighted by Gasteiger charge is -2.35. The molecule has 0 radical (unpaired) electrons. The lowest BCUT2D eigenvalue weighted by molar-refractivity contribution is 0.410. The molecule has 1 fully saturated rings. The minimum absolute atomic E-state index is 0.163. The second-order valence-corrected chi connectivity index (χ2v) is 9.35. The van der Waals surface area contributed by atoms with Crippen LogP contribution in [0, 0.1) is 0 Å². The highest BCUT2D eigenvalue weighted by Gasteiger charge is 2.22. The van der Waals surface area contributed by atoms with Gasteiger partial charge in [-0.05, 0) is 50.2 Å². The molecule has 0 aliphatic carbocycles. The van der Waals surface area contributed by atoms with E-state index in [-0.39, 0.29) is 6.04 Å². The van der Waals surface area contributed by atoms with Crippen LogP contribution >= 0.6 is 0 Å². The second-order valence-electron chi connectivity index (χ2n) is 6.62. The predicted octanol–water partition coefficient (Wildman–Crippen LogP) is 1.53. The molecule has 3 rings (SSSR count). The van der Waals surface area contributed by atoms with Crippen molar-refractivity contribution in [3.8, 4) is 0 Å². The number of aromatic nitrogens is 1. The van der Waals surface area contributed by atoms with Gasteiger partial charge in [0.1, 0.15) is 27.8 Å². The number of piperazine rings is 1. The fraction of sp³-hybridized carbons (Fsp3) is 0.389. The normalized spacial score (nSPS) is 17.8. The molecule has 0 spiro atoms. The van der Waals surface area contributed by atoms with Crippen LogP contribution in [-0.4, -0.2) is 49.9 Å². The smallest absolute Gasteiger partial charge is 0.129 e. The van der Waals surface area contributed by atoms with Gasteiger partial charge < -0.3 is 10.6 Å². The number of rotatable bonds is 6. The number of hydrogen-bond acceptors (Lipinski definition) is 5. The van der Waals surface area contributed by atoms with Crippen LogP contribution in [0.15, 0.2) is 52.4 Å². The van der Waals surface area contributed by atoms with Gasteiger partial charge in [0, 0.05) is 44.1 Å². The summed E-state index contributed by atoms with van der Waals surface area (Å²) in [7, 11) is -2.42. The van der Waals surface area contributed by atoms with Crippen LogP contribution in [0.4, 0.5) is 11.5 Å². The van der Waals surface area contributed by atoms with Crippen molar-refractivity contribution in [2.45, 2.75) is 29.7 Å². The summed E-state index contributed by atoms with van der Waals surface area (Å²) < 4.78 is 29.8. The van der Waals surface area contributed by atoms with Crippen LogP contribution in [0.1, 0.15) is 13.8 Å². The van der Waals surface area contributed by atoms with Gasteiger partial charge in [-0.25, -0.2) is 22.4 Å². The Morgan fingerprint density at radius 2 is 1.63 bits per heavy atom. The highest BCUT2D eigenvalue weighted by Crippen LogP contribution is 2.20. The molecule has 2 heterocycles. The van der Waals surface area contributed by atoms with Gasteiger partial charge >= 0.3 is 0 Å². The molecule has 1 aromatic heterocycles. The molecule has 1 aliphatic heterocycles. The van der Waals surface area contributed by atoms with Crippen molar-refractivity contribution in [2.24, 2.45) is 0 Å². The summed E-state index contributed by atoms with van der Waals surface area (Å²) in [5, 5.41) is 0. The zero-order chi connectivity index (χ0) is 19.4. The largest absolute Gasteiger partial charge is 0.384 e. The maximum absolute atomic E-state index is 12.7. The van der Waals surface area contributed by atoms with Crippen molar-refractivity contribution in [3.63, 3.8) is 0 Å².